The van der Waals surface area contributed by atoms with Gasteiger partial charge in [-0.25, -0.2) is 0 Å². The van der Waals surface area contributed by atoms with Gasteiger partial charge in [0, 0.05) is 17.0 Å². The van der Waals surface area contributed by atoms with Crippen LogP contribution in [0.4, 0.5) is 0 Å². The fraction of sp³-hybridized carbons (Fsp3) is 0.350. The lowest BCUT2D eigenvalue weighted by molar-refractivity contribution is -0.117. The predicted molar refractivity (Wildman–Crippen MR) is 107 cm³/mol. The zero-order valence-corrected chi connectivity index (χ0v) is 16.7. The summed E-state index contributed by atoms with van der Waals surface area (Å²) >= 11 is 1.61. The number of nitrogens with zero attached hydrogens (tertiary/aromatic N) is 1. The van der Waals surface area contributed by atoms with E-state index in [0.717, 1.165) is 10.4 Å². The topological polar surface area (TPSA) is 50.8 Å². The Morgan fingerprint density at radius 1 is 1.23 bits per heavy atom. The van der Waals surface area contributed by atoms with Crippen molar-refractivity contribution in [2.45, 2.75) is 13.0 Å². The van der Waals surface area contributed by atoms with Gasteiger partial charge in [-0.15, -0.1) is 11.3 Å². The van der Waals surface area contributed by atoms with Gasteiger partial charge in [0.2, 0.25) is 5.91 Å². The Bertz CT molecular complexity index is 754. The van der Waals surface area contributed by atoms with Gasteiger partial charge in [0.1, 0.15) is 0 Å². The van der Waals surface area contributed by atoms with Gasteiger partial charge in [-0.2, -0.15) is 0 Å². The van der Waals surface area contributed by atoms with E-state index >= 15 is 0 Å². The molecule has 1 unspecified atom stereocenters. The lowest BCUT2D eigenvalue weighted by Crippen LogP contribution is -2.34. The first-order chi connectivity index (χ1) is 12.5. The summed E-state index contributed by atoms with van der Waals surface area (Å²) in [6.07, 6.45) is 1.90. The molecule has 5 nitrogen and oxygen atoms in total. The van der Waals surface area contributed by atoms with Crippen LogP contribution in [-0.2, 0) is 4.79 Å². The first kappa shape index (κ1) is 20.0. The van der Waals surface area contributed by atoms with Crippen LogP contribution >= 0.6 is 11.3 Å². The molecule has 0 bridgehead atoms. The second kappa shape index (κ2) is 9.40. The van der Waals surface area contributed by atoms with Gasteiger partial charge >= 0.3 is 0 Å². The number of thiophene rings is 1. The number of nitrogens with one attached hydrogen (secondary N) is 1. The van der Waals surface area contributed by atoms with Gasteiger partial charge in [-0.3, -0.25) is 4.79 Å². The molecule has 1 N–H and O–H groups in total. The van der Waals surface area contributed by atoms with E-state index in [0.29, 0.717) is 23.6 Å². The van der Waals surface area contributed by atoms with Crippen molar-refractivity contribution in [1.82, 2.24) is 10.2 Å². The van der Waals surface area contributed by atoms with E-state index in [1.54, 1.807) is 25.6 Å². The highest BCUT2D eigenvalue weighted by Crippen LogP contribution is 2.31. The van der Waals surface area contributed by atoms with Crippen molar-refractivity contribution in [3.8, 4) is 11.5 Å². The van der Waals surface area contributed by atoms with Crippen LogP contribution in [0.3, 0.4) is 0 Å². The fourth-order valence-corrected chi connectivity index (χ4v) is 3.36. The van der Waals surface area contributed by atoms with Crippen molar-refractivity contribution in [3.63, 3.8) is 0 Å². The number of hydrogen-bond donors (Lipinski definition) is 1. The molecule has 1 amide bonds. The van der Waals surface area contributed by atoms with Gasteiger partial charge in [-0.1, -0.05) is 12.1 Å². The highest BCUT2D eigenvalue weighted by molar-refractivity contribution is 7.10. The molecule has 6 heteroatoms. The predicted octanol–water partition coefficient (Wildman–Crippen LogP) is 3.59. The number of rotatable bonds is 8. The van der Waals surface area contributed by atoms with Gasteiger partial charge in [0.15, 0.2) is 11.5 Å². The Morgan fingerprint density at radius 3 is 2.54 bits per heavy atom. The summed E-state index contributed by atoms with van der Waals surface area (Å²) < 4.78 is 10.7. The van der Waals surface area contributed by atoms with E-state index in [4.69, 9.17) is 9.47 Å². The first-order valence-electron chi connectivity index (χ1n) is 8.34. The molecule has 0 aliphatic heterocycles. The minimum Gasteiger partial charge on any atom is -0.493 e. The minimum absolute atomic E-state index is 0.0216. The molecule has 0 spiro atoms. The number of carbonyl (C=O) groups is 1. The first-order valence-corrected chi connectivity index (χ1v) is 9.22. The van der Waals surface area contributed by atoms with E-state index in [2.05, 4.69) is 10.2 Å². The molecular formula is C20H26N2O3S. The highest BCUT2D eigenvalue weighted by Gasteiger charge is 2.18. The van der Waals surface area contributed by atoms with Crippen molar-refractivity contribution in [2.75, 3.05) is 34.9 Å². The van der Waals surface area contributed by atoms with Crippen molar-refractivity contribution in [3.05, 3.63) is 51.7 Å². The van der Waals surface area contributed by atoms with Crippen LogP contribution in [0.1, 0.15) is 23.4 Å². The number of amides is 1. The number of likely N-dealkylation sites (N-methyl/N-ethyl adjacent to an activating group) is 1. The summed E-state index contributed by atoms with van der Waals surface area (Å²) in [6.45, 7) is 2.33. The van der Waals surface area contributed by atoms with Gasteiger partial charge in [0.05, 0.1) is 20.3 Å². The zero-order valence-electron chi connectivity index (χ0n) is 15.9. The largest absolute Gasteiger partial charge is 0.493 e. The Labute approximate surface area is 159 Å². The van der Waals surface area contributed by atoms with Crippen molar-refractivity contribution in [1.29, 1.82) is 0 Å². The maximum atomic E-state index is 12.4. The quantitative estimate of drug-likeness (QED) is 0.718. The van der Waals surface area contributed by atoms with Crippen LogP contribution in [0.15, 0.2) is 41.3 Å². The van der Waals surface area contributed by atoms with E-state index in [-0.39, 0.29) is 11.9 Å². The molecule has 0 aliphatic rings. The van der Waals surface area contributed by atoms with Crippen LogP contribution in [0.2, 0.25) is 0 Å². The molecular weight excluding hydrogens is 348 g/mol. The maximum Gasteiger partial charge on any atom is 0.247 e. The Morgan fingerprint density at radius 2 is 1.96 bits per heavy atom. The molecule has 0 radical (unpaired) electrons. The Balaban J connectivity index is 2.10. The molecule has 1 heterocycles. The number of benzene rings is 1. The van der Waals surface area contributed by atoms with E-state index in [9.17, 15) is 4.79 Å². The SMILES string of the molecule is COc1ccc(C(CNC(=O)/C(C)=C/c2cccs2)N(C)C)cc1OC. The molecule has 1 aromatic heterocycles. The van der Waals surface area contributed by atoms with Crippen LogP contribution in [0.5, 0.6) is 11.5 Å². The van der Waals surface area contributed by atoms with E-state index in [1.165, 1.54) is 0 Å². The fourth-order valence-electron chi connectivity index (χ4n) is 2.64. The molecule has 0 saturated carbocycles. The third kappa shape index (κ3) is 5.09. The van der Waals surface area contributed by atoms with Crippen LogP contribution in [-0.4, -0.2) is 45.7 Å². The number of methoxy groups -OCH3 is 2. The lowest BCUT2D eigenvalue weighted by Gasteiger charge is -2.26. The highest BCUT2D eigenvalue weighted by atomic mass is 32.1. The summed E-state index contributed by atoms with van der Waals surface area (Å²) in [4.78, 5) is 15.6. The maximum absolute atomic E-state index is 12.4. The summed E-state index contributed by atoms with van der Waals surface area (Å²) in [5.41, 5.74) is 1.74. The van der Waals surface area contributed by atoms with Crippen molar-refractivity contribution >= 4 is 23.3 Å². The smallest absolute Gasteiger partial charge is 0.247 e. The second-order valence-electron chi connectivity index (χ2n) is 6.15. The number of ether oxygens (including phenoxy) is 2. The molecule has 0 saturated heterocycles. The van der Waals surface area contributed by atoms with Crippen LogP contribution in [0, 0.1) is 0 Å². The normalized spacial score (nSPS) is 12.8. The molecule has 1 atom stereocenters. The molecule has 26 heavy (non-hydrogen) atoms. The van der Waals surface area contributed by atoms with Crippen LogP contribution < -0.4 is 14.8 Å². The third-order valence-electron chi connectivity index (χ3n) is 4.13. The summed E-state index contributed by atoms with van der Waals surface area (Å²) in [5.74, 6) is 1.30. The Kier molecular flexibility index (Phi) is 7.24. The average Bonchev–Trinajstić information content (AvgIpc) is 3.14. The average molecular weight is 375 g/mol. The molecule has 140 valence electrons. The molecule has 0 fully saturated rings. The van der Waals surface area contributed by atoms with Gasteiger partial charge < -0.3 is 19.7 Å². The van der Waals surface area contributed by atoms with Crippen molar-refractivity contribution < 1.29 is 14.3 Å². The molecule has 0 aliphatic carbocycles. The number of carbonyl (C=O) groups excluding carboxylic acids is 1. The second-order valence-corrected chi connectivity index (χ2v) is 7.13. The van der Waals surface area contributed by atoms with Crippen LogP contribution in [0.25, 0.3) is 6.08 Å². The standard InChI is InChI=1S/C20H26N2O3S/c1-14(11-16-7-6-10-26-16)20(23)21-13-17(22(2)3)15-8-9-18(24-4)19(12-15)25-5/h6-12,17H,13H2,1-5H3,(H,21,23)/b14-11+. The zero-order chi connectivity index (χ0) is 19.1. The van der Waals surface area contributed by atoms with Gasteiger partial charge in [-0.05, 0) is 56.2 Å². The minimum atomic E-state index is -0.0641. The van der Waals surface area contributed by atoms with Gasteiger partial charge in [0.25, 0.3) is 0 Å². The van der Waals surface area contributed by atoms with Crippen molar-refractivity contribution in [2.24, 2.45) is 0 Å². The molecule has 2 aromatic rings. The summed E-state index contributed by atoms with van der Waals surface area (Å²) in [5, 5.41) is 5.02. The summed E-state index contributed by atoms with van der Waals surface area (Å²) in [6, 6.07) is 9.81. The molecule has 2 rings (SSSR count). The molecule has 1 aromatic carbocycles. The number of hydrogen-bond acceptors (Lipinski definition) is 5. The van der Waals surface area contributed by atoms with E-state index in [1.807, 2.05) is 62.8 Å². The lowest BCUT2D eigenvalue weighted by atomic mass is 10.0. The Hall–Kier alpha value is -2.31. The monoisotopic (exact) mass is 374 g/mol. The third-order valence-corrected chi connectivity index (χ3v) is 4.95. The van der Waals surface area contributed by atoms with E-state index < -0.39 is 0 Å². The summed E-state index contributed by atoms with van der Waals surface area (Å²) in [7, 11) is 7.21.